The summed E-state index contributed by atoms with van der Waals surface area (Å²) < 4.78 is 13.3. The van der Waals surface area contributed by atoms with E-state index < -0.39 is 0 Å². The van der Waals surface area contributed by atoms with Crippen LogP contribution in [0.15, 0.2) is 203 Å². The predicted octanol–water partition coefficient (Wildman–Crippen LogP) is 13.9. The molecule has 10 aromatic rings. The van der Waals surface area contributed by atoms with Gasteiger partial charge >= 0.3 is 0 Å². The molecule has 0 radical (unpaired) electrons. The molecule has 4 nitrogen and oxygen atoms in total. The molecule has 0 aliphatic rings. The zero-order valence-corrected chi connectivity index (χ0v) is 28.7. The van der Waals surface area contributed by atoms with Gasteiger partial charge in [-0.3, -0.25) is 0 Å². The average Bonchev–Trinajstić information content (AvgIpc) is 3.85. The molecule has 0 N–H and O–H groups in total. The van der Waals surface area contributed by atoms with Gasteiger partial charge in [-0.05, 0) is 75.8 Å². The van der Waals surface area contributed by atoms with E-state index in [9.17, 15) is 0 Å². The van der Waals surface area contributed by atoms with Crippen molar-refractivity contribution in [2.45, 2.75) is 0 Å². The van der Waals surface area contributed by atoms with Crippen molar-refractivity contribution in [2.24, 2.45) is 0 Å². The first kappa shape index (κ1) is 30.6. The molecule has 0 fully saturated rings. The molecule has 0 amide bonds. The Kier molecular flexibility index (Phi) is 7.43. The van der Waals surface area contributed by atoms with Gasteiger partial charge in [0.1, 0.15) is 16.7 Å². The highest BCUT2D eigenvalue weighted by Crippen LogP contribution is 2.47. The van der Waals surface area contributed by atoms with E-state index in [0.29, 0.717) is 11.5 Å². The lowest BCUT2D eigenvalue weighted by Crippen LogP contribution is -2.11. The third-order valence-electron chi connectivity index (χ3n) is 9.91. The normalized spacial score (nSPS) is 11.4. The van der Waals surface area contributed by atoms with E-state index in [4.69, 9.17) is 13.8 Å². The SMILES string of the molecule is c1ccc(-c2ccc(N(c3ccc(-c4ccccc4)c(-c4ccccc4)c3)c3cc4oc5ccccc5c4c4oc(-c5ccccc5)nc34)cc2)cc1. The number of anilines is 3. The molecular weight excluding hydrogens is 649 g/mol. The fourth-order valence-corrected chi connectivity index (χ4v) is 7.39. The number of hydrogen-bond acceptors (Lipinski definition) is 4. The molecule has 4 heteroatoms. The standard InChI is InChI=1S/C49H32N2O2/c1-5-15-33(16-6-1)34-25-27-38(28-26-34)51(39-29-30-40(35-17-7-2-8-18-35)42(31-39)36-19-9-3-10-20-36)43-32-45-46(41-23-13-14-24-44(41)52-45)48-47(43)50-49(53-48)37-21-11-4-12-22-37/h1-32H. The zero-order chi connectivity index (χ0) is 35.1. The summed E-state index contributed by atoms with van der Waals surface area (Å²) in [5, 5.41) is 1.91. The van der Waals surface area contributed by atoms with Crippen LogP contribution < -0.4 is 4.90 Å². The molecular formula is C49H32N2O2. The fourth-order valence-electron chi connectivity index (χ4n) is 7.39. The van der Waals surface area contributed by atoms with Gasteiger partial charge in [-0.2, -0.15) is 0 Å². The third-order valence-corrected chi connectivity index (χ3v) is 9.91. The second-order valence-corrected chi connectivity index (χ2v) is 13.1. The molecule has 250 valence electrons. The third kappa shape index (κ3) is 5.45. The Morgan fingerprint density at radius 3 is 1.62 bits per heavy atom. The zero-order valence-electron chi connectivity index (χ0n) is 28.7. The van der Waals surface area contributed by atoms with Crippen molar-refractivity contribution >= 4 is 50.1 Å². The number of aromatic nitrogens is 1. The van der Waals surface area contributed by atoms with E-state index in [1.54, 1.807) is 0 Å². The van der Waals surface area contributed by atoms with Crippen molar-refractivity contribution in [1.82, 2.24) is 4.98 Å². The van der Waals surface area contributed by atoms with Crippen LogP contribution in [0.4, 0.5) is 17.1 Å². The first-order chi connectivity index (χ1) is 26.3. The molecule has 0 bridgehead atoms. The van der Waals surface area contributed by atoms with Gasteiger partial charge in [0.05, 0.1) is 11.1 Å². The average molecular weight is 681 g/mol. The van der Waals surface area contributed by atoms with E-state index in [-0.39, 0.29) is 0 Å². The molecule has 8 aromatic carbocycles. The number of fused-ring (bicyclic) bond motifs is 5. The van der Waals surface area contributed by atoms with E-state index in [1.165, 1.54) is 5.56 Å². The summed E-state index contributed by atoms with van der Waals surface area (Å²) in [6.07, 6.45) is 0. The molecule has 2 heterocycles. The fraction of sp³-hybridized carbons (Fsp3) is 0. The van der Waals surface area contributed by atoms with Gasteiger partial charge in [-0.15, -0.1) is 0 Å². The number of hydrogen-bond donors (Lipinski definition) is 0. The minimum absolute atomic E-state index is 0.559. The first-order valence-electron chi connectivity index (χ1n) is 17.8. The molecule has 0 spiro atoms. The van der Waals surface area contributed by atoms with E-state index >= 15 is 0 Å². The molecule has 0 unspecified atom stereocenters. The minimum Gasteiger partial charge on any atom is -0.456 e. The van der Waals surface area contributed by atoms with E-state index in [2.05, 4.69) is 144 Å². The van der Waals surface area contributed by atoms with Crippen molar-refractivity contribution in [3.63, 3.8) is 0 Å². The van der Waals surface area contributed by atoms with Crippen LogP contribution in [0.1, 0.15) is 0 Å². The molecule has 0 aliphatic heterocycles. The van der Waals surface area contributed by atoms with Crippen LogP contribution in [-0.4, -0.2) is 4.98 Å². The number of oxazole rings is 1. The number of rotatable bonds is 7. The highest BCUT2D eigenvalue weighted by atomic mass is 16.4. The highest BCUT2D eigenvalue weighted by molar-refractivity contribution is 6.20. The molecule has 0 aliphatic carbocycles. The monoisotopic (exact) mass is 680 g/mol. The van der Waals surface area contributed by atoms with Crippen molar-refractivity contribution in [3.8, 4) is 44.8 Å². The van der Waals surface area contributed by atoms with E-state index in [1.807, 2.05) is 54.6 Å². The van der Waals surface area contributed by atoms with Gasteiger partial charge < -0.3 is 13.7 Å². The Hall–Kier alpha value is -7.17. The second-order valence-electron chi connectivity index (χ2n) is 13.1. The molecule has 0 saturated heterocycles. The van der Waals surface area contributed by atoms with Crippen LogP contribution in [0.25, 0.3) is 77.9 Å². The second kappa shape index (κ2) is 12.9. The van der Waals surface area contributed by atoms with Crippen LogP contribution in [-0.2, 0) is 0 Å². The number of benzene rings is 8. The molecule has 0 saturated carbocycles. The Bertz CT molecular complexity index is 2860. The first-order valence-corrected chi connectivity index (χ1v) is 17.8. The smallest absolute Gasteiger partial charge is 0.227 e. The Balaban J connectivity index is 1.26. The maximum absolute atomic E-state index is 6.75. The van der Waals surface area contributed by atoms with Gasteiger partial charge in [0.25, 0.3) is 0 Å². The Morgan fingerprint density at radius 2 is 0.943 bits per heavy atom. The highest BCUT2D eigenvalue weighted by Gasteiger charge is 2.25. The quantitative estimate of drug-likeness (QED) is 0.168. The summed E-state index contributed by atoms with van der Waals surface area (Å²) >= 11 is 0. The van der Waals surface area contributed by atoms with Gasteiger partial charge in [-0.25, -0.2) is 4.98 Å². The lowest BCUT2D eigenvalue weighted by molar-refractivity contribution is 0.622. The molecule has 0 atom stereocenters. The van der Waals surface area contributed by atoms with Gasteiger partial charge in [-0.1, -0.05) is 146 Å². The number of para-hydroxylation sites is 1. The summed E-state index contributed by atoms with van der Waals surface area (Å²) in [6, 6.07) is 67.4. The van der Waals surface area contributed by atoms with Gasteiger partial charge in [0.15, 0.2) is 5.58 Å². The summed E-state index contributed by atoms with van der Waals surface area (Å²) in [5.41, 5.74) is 13.6. The minimum atomic E-state index is 0.559. The summed E-state index contributed by atoms with van der Waals surface area (Å²) in [7, 11) is 0. The molecule has 53 heavy (non-hydrogen) atoms. The summed E-state index contributed by atoms with van der Waals surface area (Å²) in [4.78, 5) is 7.53. The summed E-state index contributed by atoms with van der Waals surface area (Å²) in [6.45, 7) is 0. The van der Waals surface area contributed by atoms with Crippen LogP contribution >= 0.6 is 0 Å². The molecule has 2 aromatic heterocycles. The van der Waals surface area contributed by atoms with Crippen molar-refractivity contribution < 1.29 is 8.83 Å². The maximum atomic E-state index is 6.75. The van der Waals surface area contributed by atoms with E-state index in [0.717, 1.165) is 77.9 Å². The van der Waals surface area contributed by atoms with Crippen LogP contribution in [0.5, 0.6) is 0 Å². The number of furan rings is 1. The Labute approximate surface area is 306 Å². The van der Waals surface area contributed by atoms with Crippen LogP contribution in [0, 0.1) is 0 Å². The lowest BCUT2D eigenvalue weighted by Gasteiger charge is -2.27. The van der Waals surface area contributed by atoms with Crippen molar-refractivity contribution in [3.05, 3.63) is 194 Å². The maximum Gasteiger partial charge on any atom is 0.227 e. The largest absolute Gasteiger partial charge is 0.456 e. The van der Waals surface area contributed by atoms with Crippen molar-refractivity contribution in [2.75, 3.05) is 4.90 Å². The molecule has 10 rings (SSSR count). The summed E-state index contributed by atoms with van der Waals surface area (Å²) in [5.74, 6) is 0.559. The number of nitrogens with zero attached hydrogens (tertiary/aromatic N) is 2. The van der Waals surface area contributed by atoms with Crippen molar-refractivity contribution in [1.29, 1.82) is 0 Å². The topological polar surface area (TPSA) is 42.4 Å². The van der Waals surface area contributed by atoms with Gasteiger partial charge in [0.2, 0.25) is 5.89 Å². The van der Waals surface area contributed by atoms with Gasteiger partial charge in [0, 0.05) is 28.4 Å². The predicted molar refractivity (Wildman–Crippen MR) is 218 cm³/mol. The van der Waals surface area contributed by atoms with Crippen LogP contribution in [0.2, 0.25) is 0 Å². The van der Waals surface area contributed by atoms with Crippen LogP contribution in [0.3, 0.4) is 0 Å². The Morgan fingerprint density at radius 1 is 0.396 bits per heavy atom. The lowest BCUT2D eigenvalue weighted by atomic mass is 9.93.